The summed E-state index contributed by atoms with van der Waals surface area (Å²) in [6.07, 6.45) is 3.13. The molecule has 0 spiro atoms. The first-order valence-corrected chi connectivity index (χ1v) is 8.29. The molecule has 124 valence electrons. The number of nitrogens with one attached hydrogen (secondary N) is 2. The monoisotopic (exact) mass is 315 g/mol. The van der Waals surface area contributed by atoms with Gasteiger partial charge in [0.1, 0.15) is 11.6 Å². The normalized spacial score (nSPS) is 24.3. The number of aromatic amines is 1. The van der Waals surface area contributed by atoms with Crippen molar-refractivity contribution in [3.8, 4) is 0 Å². The van der Waals surface area contributed by atoms with E-state index in [-0.39, 0.29) is 17.9 Å². The summed E-state index contributed by atoms with van der Waals surface area (Å²) < 4.78 is 0. The van der Waals surface area contributed by atoms with Crippen LogP contribution < -0.4 is 5.32 Å². The first-order chi connectivity index (χ1) is 11.0. The molecule has 0 saturated heterocycles. The fraction of sp³-hybridized carbons (Fsp3) is 0.588. The van der Waals surface area contributed by atoms with Crippen molar-refractivity contribution in [2.24, 2.45) is 5.92 Å². The standard InChI is InChI=1S/C17H25N5O/c1-10(2)16-20-17(22-21-16)12-7-13(14(23)8-12)9-19-15-6-11(3)4-5-18-15/h4-6,10,12-14,23H,7-9H2,1-3H3,(H,18,19)(H,20,21,22)/t12-,13+,14+/m0/s1. The number of hydrogen-bond donors (Lipinski definition) is 3. The zero-order valence-corrected chi connectivity index (χ0v) is 14.0. The van der Waals surface area contributed by atoms with Crippen molar-refractivity contribution in [1.82, 2.24) is 20.2 Å². The topological polar surface area (TPSA) is 86.7 Å². The van der Waals surface area contributed by atoms with E-state index in [1.165, 1.54) is 5.56 Å². The number of rotatable bonds is 5. The van der Waals surface area contributed by atoms with Gasteiger partial charge in [0.15, 0.2) is 5.82 Å². The zero-order chi connectivity index (χ0) is 16.4. The quantitative estimate of drug-likeness (QED) is 0.789. The van der Waals surface area contributed by atoms with Gasteiger partial charge in [-0.3, -0.25) is 5.10 Å². The van der Waals surface area contributed by atoms with Crippen molar-refractivity contribution in [3.05, 3.63) is 35.5 Å². The van der Waals surface area contributed by atoms with Crippen LogP contribution in [0.3, 0.4) is 0 Å². The first kappa shape index (κ1) is 15.9. The Hall–Kier alpha value is -1.95. The summed E-state index contributed by atoms with van der Waals surface area (Å²) in [7, 11) is 0. The maximum atomic E-state index is 10.3. The third kappa shape index (κ3) is 3.69. The van der Waals surface area contributed by atoms with Gasteiger partial charge in [0, 0.05) is 30.5 Å². The molecule has 3 rings (SSSR count). The van der Waals surface area contributed by atoms with Crippen LogP contribution in [0.1, 0.15) is 55.7 Å². The Kier molecular flexibility index (Phi) is 4.61. The van der Waals surface area contributed by atoms with Gasteiger partial charge in [0.2, 0.25) is 0 Å². The van der Waals surface area contributed by atoms with Gasteiger partial charge in [0.25, 0.3) is 0 Å². The van der Waals surface area contributed by atoms with Crippen molar-refractivity contribution in [1.29, 1.82) is 0 Å². The molecule has 3 N–H and O–H groups in total. The Bertz CT molecular complexity index is 654. The lowest BCUT2D eigenvalue weighted by Crippen LogP contribution is -2.22. The molecule has 6 heteroatoms. The maximum absolute atomic E-state index is 10.3. The second-order valence-electron chi connectivity index (χ2n) is 6.83. The average Bonchev–Trinajstić information content (AvgIpc) is 3.12. The molecule has 0 aliphatic heterocycles. The van der Waals surface area contributed by atoms with Crippen molar-refractivity contribution in [3.63, 3.8) is 0 Å². The molecule has 2 aromatic rings. The molecule has 0 bridgehead atoms. The van der Waals surface area contributed by atoms with Gasteiger partial charge in [-0.2, -0.15) is 5.10 Å². The van der Waals surface area contributed by atoms with Crippen LogP contribution in [0.5, 0.6) is 0 Å². The minimum atomic E-state index is -0.315. The van der Waals surface area contributed by atoms with Crippen molar-refractivity contribution < 1.29 is 5.11 Å². The summed E-state index contributed by atoms with van der Waals surface area (Å²) in [5, 5.41) is 21.0. The minimum Gasteiger partial charge on any atom is -0.393 e. The third-order valence-electron chi connectivity index (χ3n) is 4.54. The Labute approximate surface area is 136 Å². The predicted octanol–water partition coefficient (Wildman–Crippen LogP) is 2.60. The third-order valence-corrected chi connectivity index (χ3v) is 4.54. The fourth-order valence-electron chi connectivity index (χ4n) is 3.14. The Balaban J connectivity index is 1.59. The summed E-state index contributed by atoms with van der Waals surface area (Å²) >= 11 is 0. The highest BCUT2D eigenvalue weighted by Gasteiger charge is 2.35. The Morgan fingerprint density at radius 3 is 2.91 bits per heavy atom. The highest BCUT2D eigenvalue weighted by Crippen LogP contribution is 2.37. The number of aliphatic hydroxyl groups is 1. The van der Waals surface area contributed by atoms with Gasteiger partial charge < -0.3 is 10.4 Å². The summed E-state index contributed by atoms with van der Waals surface area (Å²) in [6.45, 7) is 6.93. The maximum Gasteiger partial charge on any atom is 0.153 e. The number of aliphatic hydroxyl groups excluding tert-OH is 1. The van der Waals surface area contributed by atoms with Gasteiger partial charge >= 0.3 is 0 Å². The number of pyridine rings is 1. The molecular weight excluding hydrogens is 290 g/mol. The van der Waals surface area contributed by atoms with Crippen molar-refractivity contribution >= 4 is 5.82 Å². The van der Waals surface area contributed by atoms with E-state index in [9.17, 15) is 5.11 Å². The smallest absolute Gasteiger partial charge is 0.153 e. The van der Waals surface area contributed by atoms with Crippen LogP contribution in [0.4, 0.5) is 5.82 Å². The second kappa shape index (κ2) is 6.66. The van der Waals surface area contributed by atoms with Crippen LogP contribution in [-0.2, 0) is 0 Å². The van der Waals surface area contributed by atoms with E-state index >= 15 is 0 Å². The van der Waals surface area contributed by atoms with Crippen LogP contribution in [0.15, 0.2) is 18.3 Å². The predicted molar refractivity (Wildman–Crippen MR) is 89.4 cm³/mol. The van der Waals surface area contributed by atoms with Crippen LogP contribution >= 0.6 is 0 Å². The van der Waals surface area contributed by atoms with Gasteiger partial charge in [-0.15, -0.1) is 0 Å². The van der Waals surface area contributed by atoms with E-state index in [1.807, 2.05) is 19.1 Å². The molecule has 1 saturated carbocycles. The minimum absolute atomic E-state index is 0.204. The van der Waals surface area contributed by atoms with Crippen LogP contribution in [0, 0.1) is 12.8 Å². The highest BCUT2D eigenvalue weighted by atomic mass is 16.3. The molecule has 0 aromatic carbocycles. The molecule has 6 nitrogen and oxygen atoms in total. The van der Waals surface area contributed by atoms with Gasteiger partial charge in [-0.05, 0) is 37.5 Å². The van der Waals surface area contributed by atoms with Crippen molar-refractivity contribution in [2.45, 2.75) is 51.6 Å². The lowest BCUT2D eigenvalue weighted by Gasteiger charge is -2.15. The molecule has 0 unspecified atom stereocenters. The lowest BCUT2D eigenvalue weighted by atomic mass is 10.0. The van der Waals surface area contributed by atoms with Crippen LogP contribution in [0.25, 0.3) is 0 Å². The van der Waals surface area contributed by atoms with Gasteiger partial charge in [-0.25, -0.2) is 9.97 Å². The summed E-state index contributed by atoms with van der Waals surface area (Å²) in [5.74, 6) is 3.39. The van der Waals surface area contributed by atoms with E-state index in [4.69, 9.17) is 0 Å². The highest BCUT2D eigenvalue weighted by molar-refractivity contribution is 5.37. The summed E-state index contributed by atoms with van der Waals surface area (Å²) in [6, 6.07) is 3.99. The SMILES string of the molecule is Cc1ccnc(NC[C@H]2C[C@H](c3nc(C(C)C)n[nH]3)C[C@H]2O)c1. The molecular formula is C17H25N5O. The van der Waals surface area contributed by atoms with E-state index in [1.54, 1.807) is 6.20 Å². The molecule has 1 aliphatic carbocycles. The van der Waals surface area contributed by atoms with E-state index in [2.05, 4.69) is 39.3 Å². The zero-order valence-electron chi connectivity index (χ0n) is 14.0. The Morgan fingerprint density at radius 2 is 2.22 bits per heavy atom. The molecule has 0 amide bonds. The second-order valence-corrected chi connectivity index (χ2v) is 6.83. The summed E-state index contributed by atoms with van der Waals surface area (Å²) in [4.78, 5) is 8.88. The largest absolute Gasteiger partial charge is 0.393 e. The molecule has 3 atom stereocenters. The number of aryl methyl sites for hydroxylation is 1. The van der Waals surface area contributed by atoms with E-state index in [0.717, 1.165) is 36.9 Å². The number of hydrogen-bond acceptors (Lipinski definition) is 5. The molecule has 1 aliphatic rings. The number of H-pyrrole nitrogens is 1. The van der Waals surface area contributed by atoms with E-state index in [0.29, 0.717) is 5.92 Å². The van der Waals surface area contributed by atoms with Crippen molar-refractivity contribution in [2.75, 3.05) is 11.9 Å². The summed E-state index contributed by atoms with van der Waals surface area (Å²) in [5.41, 5.74) is 1.18. The van der Waals surface area contributed by atoms with E-state index < -0.39 is 0 Å². The molecule has 2 aromatic heterocycles. The molecule has 1 fully saturated rings. The molecule has 0 radical (unpaired) electrons. The Morgan fingerprint density at radius 1 is 1.39 bits per heavy atom. The van der Waals surface area contributed by atoms with Gasteiger partial charge in [0.05, 0.1) is 6.10 Å². The average molecular weight is 315 g/mol. The number of nitrogens with zero attached hydrogens (tertiary/aromatic N) is 3. The molecule has 23 heavy (non-hydrogen) atoms. The number of aromatic nitrogens is 4. The van der Waals surface area contributed by atoms with Crippen LogP contribution in [-0.4, -0.2) is 37.9 Å². The number of anilines is 1. The molecule has 2 heterocycles. The fourth-order valence-corrected chi connectivity index (χ4v) is 3.14. The lowest BCUT2D eigenvalue weighted by molar-refractivity contribution is 0.137. The van der Waals surface area contributed by atoms with Crippen LogP contribution in [0.2, 0.25) is 0 Å². The first-order valence-electron chi connectivity index (χ1n) is 8.29. The van der Waals surface area contributed by atoms with Gasteiger partial charge in [-0.1, -0.05) is 13.8 Å².